The Bertz CT molecular complexity index is 270. The van der Waals surface area contributed by atoms with E-state index < -0.39 is 0 Å². The Balaban J connectivity index is 2.09. The van der Waals surface area contributed by atoms with Crippen molar-refractivity contribution in [2.45, 2.75) is 18.2 Å². The fraction of sp³-hybridized carbons (Fsp3) is 0.333. The molecule has 0 unspecified atom stereocenters. The van der Waals surface area contributed by atoms with E-state index in [-0.39, 0.29) is 0 Å². The number of thioether (sulfide) groups is 1. The van der Waals surface area contributed by atoms with Gasteiger partial charge in [-0.05, 0) is 24.3 Å². The standard InChI is InChI=1S/C9H10OS/c1-2-6-11-8-5-3-4-7-9(8)10-7/h3-5H,2,6H2,1H3. The number of ether oxygens (including phenoxy) is 1. The second kappa shape index (κ2) is 2.78. The number of rotatable bonds is 3. The Kier molecular flexibility index (Phi) is 1.78. The molecule has 0 spiro atoms. The second-order valence-corrected chi connectivity index (χ2v) is 3.67. The molecule has 1 aliphatic heterocycles. The van der Waals surface area contributed by atoms with Crippen molar-refractivity contribution in [3.8, 4) is 11.5 Å². The molecule has 0 radical (unpaired) electrons. The summed E-state index contributed by atoms with van der Waals surface area (Å²) in [6.45, 7) is 2.19. The van der Waals surface area contributed by atoms with Crippen LogP contribution in [0.2, 0.25) is 0 Å². The molecule has 1 aliphatic rings. The highest BCUT2D eigenvalue weighted by Crippen LogP contribution is 2.51. The van der Waals surface area contributed by atoms with Gasteiger partial charge in [0.15, 0.2) is 11.5 Å². The molecule has 0 aliphatic carbocycles. The van der Waals surface area contributed by atoms with Crippen molar-refractivity contribution in [1.29, 1.82) is 0 Å². The third-order valence-electron chi connectivity index (χ3n) is 1.57. The lowest BCUT2D eigenvalue weighted by Crippen LogP contribution is -1.71. The van der Waals surface area contributed by atoms with Gasteiger partial charge in [-0.25, -0.2) is 0 Å². The summed E-state index contributed by atoms with van der Waals surface area (Å²) in [5.41, 5.74) is 0. The molecule has 11 heavy (non-hydrogen) atoms. The van der Waals surface area contributed by atoms with Crippen molar-refractivity contribution >= 4 is 11.8 Å². The molecule has 58 valence electrons. The van der Waals surface area contributed by atoms with Crippen LogP contribution in [0.5, 0.6) is 11.5 Å². The second-order valence-electron chi connectivity index (χ2n) is 2.53. The smallest absolute Gasteiger partial charge is 0.183 e. The summed E-state index contributed by atoms with van der Waals surface area (Å²) >= 11 is 1.87. The van der Waals surface area contributed by atoms with Gasteiger partial charge in [-0.3, -0.25) is 0 Å². The first kappa shape index (κ1) is 7.04. The molecule has 0 amide bonds. The van der Waals surface area contributed by atoms with Crippen molar-refractivity contribution in [2.24, 2.45) is 0 Å². The summed E-state index contributed by atoms with van der Waals surface area (Å²) in [6, 6.07) is 6.17. The summed E-state index contributed by atoms with van der Waals surface area (Å²) < 4.78 is 5.24. The van der Waals surface area contributed by atoms with E-state index >= 15 is 0 Å². The molecule has 2 heteroatoms. The Morgan fingerprint density at radius 3 is 3.18 bits per heavy atom. The zero-order chi connectivity index (χ0) is 7.68. The molecular weight excluding hydrogens is 156 g/mol. The van der Waals surface area contributed by atoms with E-state index in [2.05, 4.69) is 13.0 Å². The van der Waals surface area contributed by atoms with Crippen LogP contribution in [0.4, 0.5) is 0 Å². The van der Waals surface area contributed by atoms with Crippen LogP contribution in [0.1, 0.15) is 13.3 Å². The Labute approximate surface area is 70.8 Å². The van der Waals surface area contributed by atoms with Crippen LogP contribution in [-0.2, 0) is 0 Å². The Morgan fingerprint density at radius 1 is 1.45 bits per heavy atom. The largest absolute Gasteiger partial charge is 0.448 e. The summed E-state index contributed by atoms with van der Waals surface area (Å²) in [7, 11) is 0. The number of fused-ring (bicyclic) bond motifs is 1. The Hall–Kier alpha value is -0.630. The average molecular weight is 166 g/mol. The maximum atomic E-state index is 5.24. The third-order valence-corrected chi connectivity index (χ3v) is 2.82. The maximum Gasteiger partial charge on any atom is 0.183 e. The van der Waals surface area contributed by atoms with Gasteiger partial charge in [-0.15, -0.1) is 11.8 Å². The quantitative estimate of drug-likeness (QED) is 0.512. The van der Waals surface area contributed by atoms with Gasteiger partial charge in [0.1, 0.15) is 0 Å². The topological polar surface area (TPSA) is 12.5 Å². The average Bonchev–Trinajstić information content (AvgIpc) is 2.79. The number of para-hydroxylation sites is 1. The van der Waals surface area contributed by atoms with Crippen LogP contribution in [0.25, 0.3) is 0 Å². The van der Waals surface area contributed by atoms with Crippen molar-refractivity contribution < 1.29 is 4.74 Å². The van der Waals surface area contributed by atoms with Crippen LogP contribution in [0.3, 0.4) is 0 Å². The first-order valence-electron chi connectivity index (χ1n) is 3.85. The zero-order valence-corrected chi connectivity index (χ0v) is 7.28. The molecule has 1 heterocycles. The highest BCUT2D eigenvalue weighted by atomic mass is 32.2. The highest BCUT2D eigenvalue weighted by molar-refractivity contribution is 7.99. The van der Waals surface area contributed by atoms with Crippen LogP contribution >= 0.6 is 11.8 Å². The monoisotopic (exact) mass is 166 g/mol. The number of hydrogen-bond acceptors (Lipinski definition) is 2. The number of hydrogen-bond donors (Lipinski definition) is 0. The van der Waals surface area contributed by atoms with Crippen molar-refractivity contribution in [1.82, 2.24) is 0 Å². The molecule has 0 aromatic heterocycles. The number of benzene rings is 1. The molecule has 1 aromatic rings. The van der Waals surface area contributed by atoms with Crippen molar-refractivity contribution in [3.05, 3.63) is 18.2 Å². The van der Waals surface area contributed by atoms with Gasteiger partial charge in [0.25, 0.3) is 0 Å². The van der Waals surface area contributed by atoms with E-state index in [0.717, 1.165) is 11.5 Å². The van der Waals surface area contributed by atoms with Gasteiger partial charge in [-0.1, -0.05) is 13.0 Å². The van der Waals surface area contributed by atoms with Gasteiger partial charge in [-0.2, -0.15) is 0 Å². The molecule has 0 atom stereocenters. The molecule has 2 rings (SSSR count). The SMILES string of the molecule is CCCSc1cccc2c1O2. The van der Waals surface area contributed by atoms with Gasteiger partial charge in [0.2, 0.25) is 0 Å². The van der Waals surface area contributed by atoms with Crippen molar-refractivity contribution in [2.75, 3.05) is 5.75 Å². The van der Waals surface area contributed by atoms with Gasteiger partial charge >= 0.3 is 0 Å². The van der Waals surface area contributed by atoms with E-state index in [9.17, 15) is 0 Å². The molecule has 0 bridgehead atoms. The maximum absolute atomic E-state index is 5.24. The lowest BCUT2D eigenvalue weighted by atomic mass is 10.4. The lowest BCUT2D eigenvalue weighted by Gasteiger charge is -1.93. The summed E-state index contributed by atoms with van der Waals surface area (Å²) in [6.07, 6.45) is 1.22. The van der Waals surface area contributed by atoms with Crippen LogP contribution < -0.4 is 4.74 Å². The van der Waals surface area contributed by atoms with Gasteiger partial charge in [0.05, 0.1) is 4.90 Å². The molecule has 0 saturated carbocycles. The molecule has 1 aromatic carbocycles. The first-order chi connectivity index (χ1) is 5.42. The minimum absolute atomic E-state index is 1.06. The minimum Gasteiger partial charge on any atom is -0.448 e. The predicted molar refractivity (Wildman–Crippen MR) is 47.5 cm³/mol. The molecule has 0 saturated heterocycles. The van der Waals surface area contributed by atoms with E-state index in [1.807, 2.05) is 23.9 Å². The highest BCUT2D eigenvalue weighted by Gasteiger charge is 2.23. The van der Waals surface area contributed by atoms with Gasteiger partial charge in [0, 0.05) is 0 Å². The normalized spacial score (nSPS) is 12.1. The zero-order valence-electron chi connectivity index (χ0n) is 6.46. The van der Waals surface area contributed by atoms with Crippen LogP contribution in [0, 0.1) is 0 Å². The predicted octanol–water partition coefficient (Wildman–Crippen LogP) is 3.29. The van der Waals surface area contributed by atoms with E-state index in [1.165, 1.54) is 17.1 Å². The molecule has 0 fully saturated rings. The lowest BCUT2D eigenvalue weighted by molar-refractivity contribution is 0.641. The summed E-state index contributed by atoms with van der Waals surface area (Å²) in [5.74, 6) is 3.34. The molecule has 1 nitrogen and oxygen atoms in total. The van der Waals surface area contributed by atoms with Crippen LogP contribution in [-0.4, -0.2) is 5.75 Å². The summed E-state index contributed by atoms with van der Waals surface area (Å²) in [5, 5.41) is 0. The molecular formula is C9H10OS. The fourth-order valence-corrected chi connectivity index (χ4v) is 1.86. The minimum atomic E-state index is 1.06. The Morgan fingerprint density at radius 2 is 2.36 bits per heavy atom. The van der Waals surface area contributed by atoms with E-state index in [1.54, 1.807) is 0 Å². The fourth-order valence-electron chi connectivity index (χ4n) is 0.990. The first-order valence-corrected chi connectivity index (χ1v) is 4.84. The van der Waals surface area contributed by atoms with Crippen molar-refractivity contribution in [3.63, 3.8) is 0 Å². The van der Waals surface area contributed by atoms with Crippen LogP contribution in [0.15, 0.2) is 23.1 Å². The van der Waals surface area contributed by atoms with E-state index in [0.29, 0.717) is 0 Å². The van der Waals surface area contributed by atoms with Gasteiger partial charge < -0.3 is 4.74 Å². The third kappa shape index (κ3) is 1.36. The van der Waals surface area contributed by atoms with E-state index in [4.69, 9.17) is 4.74 Å². The molecule has 0 N–H and O–H groups in total. The summed E-state index contributed by atoms with van der Waals surface area (Å²) in [4.78, 5) is 1.30.